The van der Waals surface area contributed by atoms with Gasteiger partial charge in [-0.2, -0.15) is 0 Å². The lowest BCUT2D eigenvalue weighted by Crippen LogP contribution is -2.53. The van der Waals surface area contributed by atoms with E-state index in [9.17, 15) is 9.59 Å². The summed E-state index contributed by atoms with van der Waals surface area (Å²) in [6.45, 7) is 6.53. The van der Waals surface area contributed by atoms with Gasteiger partial charge in [0.2, 0.25) is 5.91 Å². The number of hydrogen-bond donors (Lipinski definition) is 2. The SMILES string of the molecule is CC(C)N(CC(=O)O)C(=O)C1CCCN1C1CCNCC1. The van der Waals surface area contributed by atoms with E-state index in [1.165, 1.54) is 4.90 Å². The molecule has 2 heterocycles. The first-order valence-electron chi connectivity index (χ1n) is 7.99. The largest absolute Gasteiger partial charge is 0.480 e. The summed E-state index contributed by atoms with van der Waals surface area (Å²) >= 11 is 0. The Bertz CT molecular complexity index is 380. The highest BCUT2D eigenvalue weighted by atomic mass is 16.4. The molecule has 2 fully saturated rings. The number of likely N-dealkylation sites (tertiary alicyclic amines) is 1. The van der Waals surface area contributed by atoms with Gasteiger partial charge < -0.3 is 15.3 Å². The molecule has 0 aromatic carbocycles. The van der Waals surface area contributed by atoms with Crippen LogP contribution in [0.3, 0.4) is 0 Å². The lowest BCUT2D eigenvalue weighted by molar-refractivity contribution is -0.148. The van der Waals surface area contributed by atoms with Crippen LogP contribution in [-0.2, 0) is 9.59 Å². The molecule has 0 saturated carbocycles. The minimum Gasteiger partial charge on any atom is -0.480 e. The monoisotopic (exact) mass is 297 g/mol. The molecule has 2 aliphatic rings. The second kappa shape index (κ2) is 7.22. The van der Waals surface area contributed by atoms with E-state index >= 15 is 0 Å². The van der Waals surface area contributed by atoms with Crippen LogP contribution >= 0.6 is 0 Å². The zero-order valence-electron chi connectivity index (χ0n) is 13.0. The summed E-state index contributed by atoms with van der Waals surface area (Å²) in [6, 6.07) is 0.250. The molecule has 0 spiro atoms. The molecule has 2 saturated heterocycles. The Labute approximate surface area is 126 Å². The van der Waals surface area contributed by atoms with Gasteiger partial charge in [-0.1, -0.05) is 0 Å². The third kappa shape index (κ3) is 3.95. The van der Waals surface area contributed by atoms with Gasteiger partial charge in [0.15, 0.2) is 0 Å². The average Bonchev–Trinajstić information content (AvgIpc) is 2.94. The molecule has 2 N–H and O–H groups in total. The standard InChI is InChI=1S/C15H27N3O3/c1-11(2)18(10-14(19)20)15(21)13-4-3-9-17(13)12-5-7-16-8-6-12/h11-13,16H,3-10H2,1-2H3,(H,19,20). The van der Waals surface area contributed by atoms with E-state index in [1.54, 1.807) is 0 Å². The maximum atomic E-state index is 12.8. The lowest BCUT2D eigenvalue weighted by Gasteiger charge is -2.37. The predicted molar refractivity (Wildman–Crippen MR) is 80.1 cm³/mol. The van der Waals surface area contributed by atoms with E-state index in [0.29, 0.717) is 6.04 Å². The fraction of sp³-hybridized carbons (Fsp3) is 0.867. The van der Waals surface area contributed by atoms with Crippen molar-refractivity contribution in [3.05, 3.63) is 0 Å². The number of nitrogens with zero attached hydrogens (tertiary/aromatic N) is 2. The number of nitrogens with one attached hydrogen (secondary N) is 1. The van der Waals surface area contributed by atoms with Crippen molar-refractivity contribution < 1.29 is 14.7 Å². The van der Waals surface area contributed by atoms with E-state index in [0.717, 1.165) is 45.3 Å². The van der Waals surface area contributed by atoms with Crippen molar-refractivity contribution in [2.24, 2.45) is 0 Å². The minimum absolute atomic E-state index is 0.0107. The molecule has 2 rings (SSSR count). The van der Waals surface area contributed by atoms with Gasteiger partial charge in [0.05, 0.1) is 6.04 Å². The van der Waals surface area contributed by atoms with Crippen LogP contribution < -0.4 is 5.32 Å². The molecule has 2 aliphatic heterocycles. The summed E-state index contributed by atoms with van der Waals surface area (Å²) in [5.74, 6) is -0.952. The number of carboxylic acid groups (broad SMARTS) is 1. The smallest absolute Gasteiger partial charge is 0.323 e. The third-order valence-corrected chi connectivity index (χ3v) is 4.57. The first-order chi connectivity index (χ1) is 10.0. The van der Waals surface area contributed by atoms with Gasteiger partial charge in [-0.05, 0) is 59.2 Å². The quantitative estimate of drug-likeness (QED) is 0.774. The molecule has 1 unspecified atom stereocenters. The number of aliphatic carboxylic acids is 1. The molecule has 21 heavy (non-hydrogen) atoms. The number of carbonyl (C=O) groups is 2. The van der Waals surface area contributed by atoms with Crippen LogP contribution in [0.15, 0.2) is 0 Å². The van der Waals surface area contributed by atoms with Gasteiger partial charge in [-0.15, -0.1) is 0 Å². The summed E-state index contributed by atoms with van der Waals surface area (Å²) in [7, 11) is 0. The number of carbonyl (C=O) groups excluding carboxylic acids is 1. The van der Waals surface area contributed by atoms with E-state index in [-0.39, 0.29) is 24.5 Å². The van der Waals surface area contributed by atoms with Crippen LogP contribution in [0.1, 0.15) is 39.5 Å². The second-order valence-electron chi connectivity index (χ2n) is 6.33. The van der Waals surface area contributed by atoms with Crippen molar-refractivity contribution in [1.29, 1.82) is 0 Å². The van der Waals surface area contributed by atoms with E-state index in [2.05, 4.69) is 10.2 Å². The number of rotatable bonds is 5. The molecule has 1 amide bonds. The van der Waals surface area contributed by atoms with E-state index in [1.807, 2.05) is 13.8 Å². The van der Waals surface area contributed by atoms with Gasteiger partial charge >= 0.3 is 5.97 Å². The number of hydrogen-bond acceptors (Lipinski definition) is 4. The summed E-state index contributed by atoms with van der Waals surface area (Å²) in [4.78, 5) is 27.6. The van der Waals surface area contributed by atoms with Crippen molar-refractivity contribution in [2.45, 2.75) is 57.7 Å². The highest BCUT2D eigenvalue weighted by Gasteiger charge is 2.38. The molecular formula is C15H27N3O3. The Balaban J connectivity index is 2.06. The van der Waals surface area contributed by atoms with Crippen molar-refractivity contribution in [3.8, 4) is 0 Å². The predicted octanol–water partition coefficient (Wildman–Crippen LogP) is 0.524. The molecule has 0 radical (unpaired) electrons. The average molecular weight is 297 g/mol. The molecule has 120 valence electrons. The van der Waals surface area contributed by atoms with Crippen LogP contribution in [-0.4, -0.2) is 71.1 Å². The number of piperidine rings is 1. The van der Waals surface area contributed by atoms with Gasteiger partial charge in [-0.25, -0.2) is 0 Å². The van der Waals surface area contributed by atoms with Crippen molar-refractivity contribution in [3.63, 3.8) is 0 Å². The van der Waals surface area contributed by atoms with E-state index in [4.69, 9.17) is 5.11 Å². The summed E-state index contributed by atoms with van der Waals surface area (Å²) < 4.78 is 0. The Hall–Kier alpha value is -1.14. The highest BCUT2D eigenvalue weighted by Crippen LogP contribution is 2.26. The molecule has 6 nitrogen and oxygen atoms in total. The first-order valence-corrected chi connectivity index (χ1v) is 7.99. The highest BCUT2D eigenvalue weighted by molar-refractivity contribution is 5.86. The zero-order chi connectivity index (χ0) is 15.4. The lowest BCUT2D eigenvalue weighted by atomic mass is 10.0. The van der Waals surface area contributed by atoms with Crippen LogP contribution in [0, 0.1) is 0 Å². The fourth-order valence-electron chi connectivity index (χ4n) is 3.48. The molecule has 0 bridgehead atoms. The summed E-state index contributed by atoms with van der Waals surface area (Å²) in [5, 5.41) is 12.4. The minimum atomic E-state index is -0.941. The summed E-state index contributed by atoms with van der Waals surface area (Å²) in [6.07, 6.45) is 4.03. The molecule has 0 aromatic heterocycles. The van der Waals surface area contributed by atoms with Crippen LogP contribution in [0.2, 0.25) is 0 Å². The number of carboxylic acids is 1. The molecule has 0 aromatic rings. The van der Waals surface area contributed by atoms with Crippen molar-refractivity contribution in [2.75, 3.05) is 26.2 Å². The third-order valence-electron chi connectivity index (χ3n) is 4.57. The Morgan fingerprint density at radius 2 is 1.95 bits per heavy atom. The number of amides is 1. The summed E-state index contributed by atoms with van der Waals surface area (Å²) in [5.41, 5.74) is 0. The zero-order valence-corrected chi connectivity index (χ0v) is 13.0. The van der Waals surface area contributed by atoms with Gasteiger partial charge in [0.1, 0.15) is 6.54 Å². The molecule has 0 aliphatic carbocycles. The van der Waals surface area contributed by atoms with E-state index < -0.39 is 5.97 Å². The Morgan fingerprint density at radius 1 is 1.29 bits per heavy atom. The van der Waals surface area contributed by atoms with Gasteiger partial charge in [0.25, 0.3) is 0 Å². The van der Waals surface area contributed by atoms with Crippen LogP contribution in [0.25, 0.3) is 0 Å². The van der Waals surface area contributed by atoms with Crippen molar-refractivity contribution in [1.82, 2.24) is 15.1 Å². The van der Waals surface area contributed by atoms with Crippen molar-refractivity contribution >= 4 is 11.9 Å². The second-order valence-corrected chi connectivity index (χ2v) is 6.33. The first kappa shape index (κ1) is 16.2. The van der Waals surface area contributed by atoms with Gasteiger partial charge in [-0.3, -0.25) is 14.5 Å². The van der Waals surface area contributed by atoms with Crippen LogP contribution in [0.5, 0.6) is 0 Å². The molecular weight excluding hydrogens is 270 g/mol. The van der Waals surface area contributed by atoms with Gasteiger partial charge in [0, 0.05) is 12.1 Å². The topological polar surface area (TPSA) is 72.9 Å². The maximum Gasteiger partial charge on any atom is 0.323 e. The fourth-order valence-corrected chi connectivity index (χ4v) is 3.48. The Kier molecular flexibility index (Phi) is 5.58. The molecule has 6 heteroatoms. The van der Waals surface area contributed by atoms with Crippen LogP contribution in [0.4, 0.5) is 0 Å². The maximum absolute atomic E-state index is 12.8. The Morgan fingerprint density at radius 3 is 2.52 bits per heavy atom. The molecule has 1 atom stereocenters. The normalized spacial score (nSPS) is 24.4.